The molecule has 106 valence electrons. The van der Waals surface area contributed by atoms with E-state index in [9.17, 15) is 9.18 Å². The van der Waals surface area contributed by atoms with Gasteiger partial charge >= 0.3 is 0 Å². The first kappa shape index (κ1) is 14.4. The number of amides is 1. The monoisotopic (exact) mass is 297 g/mol. The molecule has 0 atom stereocenters. The Hall–Kier alpha value is -1.99. The van der Waals surface area contributed by atoms with Gasteiger partial charge < -0.3 is 11.1 Å². The highest BCUT2D eigenvalue weighted by Crippen LogP contribution is 2.19. The quantitative estimate of drug-likeness (QED) is 0.868. The zero-order chi connectivity index (χ0) is 14.5. The SMILES string of the molecule is NCCc1cn(CC(=O)Nc2ccc(F)c(Cl)c2)nn1. The van der Waals surface area contributed by atoms with E-state index in [1.165, 1.54) is 22.9 Å². The predicted octanol–water partition coefficient (Wildman–Crippen LogP) is 1.21. The summed E-state index contributed by atoms with van der Waals surface area (Å²) in [4.78, 5) is 11.8. The molecular formula is C12H13ClFN5O. The minimum Gasteiger partial charge on any atom is -0.330 e. The van der Waals surface area contributed by atoms with Crippen molar-refractivity contribution in [3.8, 4) is 0 Å². The fourth-order valence-corrected chi connectivity index (χ4v) is 1.78. The maximum absolute atomic E-state index is 13.0. The number of nitrogens with zero attached hydrogens (tertiary/aromatic N) is 3. The van der Waals surface area contributed by atoms with Crippen molar-refractivity contribution in [1.82, 2.24) is 15.0 Å². The van der Waals surface area contributed by atoms with Gasteiger partial charge in [-0.25, -0.2) is 9.07 Å². The zero-order valence-electron chi connectivity index (χ0n) is 10.5. The molecule has 0 bridgehead atoms. The highest BCUT2D eigenvalue weighted by molar-refractivity contribution is 6.31. The Labute approximate surface area is 119 Å². The van der Waals surface area contributed by atoms with Crippen LogP contribution in [0.5, 0.6) is 0 Å². The summed E-state index contributed by atoms with van der Waals surface area (Å²) in [6, 6.07) is 3.96. The summed E-state index contributed by atoms with van der Waals surface area (Å²) in [5.74, 6) is -0.843. The van der Waals surface area contributed by atoms with Crippen molar-refractivity contribution in [1.29, 1.82) is 0 Å². The predicted molar refractivity (Wildman–Crippen MR) is 72.8 cm³/mol. The lowest BCUT2D eigenvalue weighted by Gasteiger charge is -2.05. The lowest BCUT2D eigenvalue weighted by molar-refractivity contribution is -0.116. The van der Waals surface area contributed by atoms with Crippen molar-refractivity contribution in [3.05, 3.63) is 40.9 Å². The number of hydrogen-bond donors (Lipinski definition) is 2. The molecule has 0 saturated carbocycles. The molecule has 8 heteroatoms. The van der Waals surface area contributed by atoms with Gasteiger partial charge in [-0.1, -0.05) is 16.8 Å². The minimum atomic E-state index is -0.535. The van der Waals surface area contributed by atoms with E-state index in [0.29, 0.717) is 18.7 Å². The molecule has 0 aliphatic carbocycles. The van der Waals surface area contributed by atoms with Crippen molar-refractivity contribution in [2.45, 2.75) is 13.0 Å². The Morgan fingerprint density at radius 3 is 3.00 bits per heavy atom. The third-order valence-corrected chi connectivity index (χ3v) is 2.79. The van der Waals surface area contributed by atoms with E-state index < -0.39 is 5.82 Å². The van der Waals surface area contributed by atoms with Gasteiger partial charge in [-0.15, -0.1) is 5.10 Å². The first-order valence-electron chi connectivity index (χ1n) is 5.92. The molecule has 2 rings (SSSR count). The highest BCUT2D eigenvalue weighted by atomic mass is 35.5. The van der Waals surface area contributed by atoms with Gasteiger partial charge in [-0.3, -0.25) is 4.79 Å². The van der Waals surface area contributed by atoms with Gasteiger partial charge in [0.1, 0.15) is 12.4 Å². The Morgan fingerprint density at radius 2 is 2.30 bits per heavy atom. The first-order chi connectivity index (χ1) is 9.58. The van der Waals surface area contributed by atoms with Crippen LogP contribution in [-0.2, 0) is 17.8 Å². The molecule has 0 fully saturated rings. The summed E-state index contributed by atoms with van der Waals surface area (Å²) >= 11 is 5.63. The number of aromatic nitrogens is 3. The second kappa shape index (κ2) is 6.44. The zero-order valence-corrected chi connectivity index (χ0v) is 11.3. The second-order valence-corrected chi connectivity index (χ2v) is 4.53. The van der Waals surface area contributed by atoms with Crippen molar-refractivity contribution >= 4 is 23.2 Å². The highest BCUT2D eigenvalue weighted by Gasteiger charge is 2.08. The van der Waals surface area contributed by atoms with Crippen molar-refractivity contribution < 1.29 is 9.18 Å². The van der Waals surface area contributed by atoms with Crippen molar-refractivity contribution in [2.24, 2.45) is 5.73 Å². The summed E-state index contributed by atoms with van der Waals surface area (Å²) in [6.45, 7) is 0.478. The third-order valence-electron chi connectivity index (χ3n) is 2.50. The fourth-order valence-electron chi connectivity index (χ4n) is 1.60. The van der Waals surface area contributed by atoms with E-state index in [4.69, 9.17) is 17.3 Å². The fraction of sp³-hybridized carbons (Fsp3) is 0.250. The van der Waals surface area contributed by atoms with Gasteiger partial charge in [0.2, 0.25) is 5.91 Å². The molecule has 0 aliphatic rings. The van der Waals surface area contributed by atoms with Crippen LogP contribution >= 0.6 is 11.6 Å². The summed E-state index contributed by atoms with van der Waals surface area (Å²) in [7, 11) is 0. The van der Waals surface area contributed by atoms with Crippen LogP contribution in [0.1, 0.15) is 5.69 Å². The molecule has 20 heavy (non-hydrogen) atoms. The molecular weight excluding hydrogens is 285 g/mol. The Balaban J connectivity index is 1.95. The molecule has 2 aromatic rings. The summed E-state index contributed by atoms with van der Waals surface area (Å²) in [5.41, 5.74) is 6.55. The number of halogens is 2. The third kappa shape index (κ3) is 3.75. The average molecular weight is 298 g/mol. The van der Waals surface area contributed by atoms with E-state index in [0.717, 1.165) is 5.69 Å². The molecule has 3 N–H and O–H groups in total. The van der Waals surface area contributed by atoms with Crippen LogP contribution in [0, 0.1) is 5.82 Å². The molecule has 1 aromatic carbocycles. The molecule has 1 aromatic heterocycles. The average Bonchev–Trinajstić information content (AvgIpc) is 2.81. The number of carbonyl (C=O) groups is 1. The summed E-state index contributed by atoms with van der Waals surface area (Å²) < 4.78 is 14.4. The minimum absolute atomic E-state index is 0.00651. The number of benzene rings is 1. The van der Waals surface area contributed by atoms with E-state index >= 15 is 0 Å². The molecule has 0 aliphatic heterocycles. The van der Waals surface area contributed by atoms with Crippen LogP contribution in [0.2, 0.25) is 5.02 Å². The van der Waals surface area contributed by atoms with Crippen LogP contribution in [0.15, 0.2) is 24.4 Å². The van der Waals surface area contributed by atoms with E-state index in [1.54, 1.807) is 6.20 Å². The van der Waals surface area contributed by atoms with Crippen LogP contribution in [-0.4, -0.2) is 27.4 Å². The number of rotatable bonds is 5. The van der Waals surface area contributed by atoms with Crippen LogP contribution in [0.3, 0.4) is 0 Å². The Bertz CT molecular complexity index is 616. The number of nitrogens with two attached hydrogens (primary N) is 1. The summed E-state index contributed by atoms with van der Waals surface area (Å²) in [5, 5.41) is 10.2. The number of hydrogen-bond acceptors (Lipinski definition) is 4. The topological polar surface area (TPSA) is 85.8 Å². The van der Waals surface area contributed by atoms with Gasteiger partial charge in [0.15, 0.2) is 0 Å². The van der Waals surface area contributed by atoms with Gasteiger partial charge in [0.25, 0.3) is 0 Å². The van der Waals surface area contributed by atoms with Gasteiger partial charge in [-0.05, 0) is 24.7 Å². The molecule has 0 unspecified atom stereocenters. The van der Waals surface area contributed by atoms with E-state index in [2.05, 4.69) is 15.6 Å². The van der Waals surface area contributed by atoms with Crippen LogP contribution in [0.4, 0.5) is 10.1 Å². The molecule has 0 radical (unpaired) electrons. The maximum Gasteiger partial charge on any atom is 0.246 e. The standard InChI is InChI=1S/C12H13ClFN5O/c13-10-5-8(1-2-11(10)14)16-12(20)7-19-6-9(3-4-15)17-18-19/h1-2,5-6H,3-4,7,15H2,(H,16,20). The molecule has 1 heterocycles. The molecule has 0 saturated heterocycles. The lowest BCUT2D eigenvalue weighted by atomic mass is 10.3. The van der Waals surface area contributed by atoms with Gasteiger partial charge in [0, 0.05) is 18.3 Å². The smallest absolute Gasteiger partial charge is 0.246 e. The second-order valence-electron chi connectivity index (χ2n) is 4.12. The van der Waals surface area contributed by atoms with Crippen LogP contribution < -0.4 is 11.1 Å². The van der Waals surface area contributed by atoms with Crippen LogP contribution in [0.25, 0.3) is 0 Å². The van der Waals surface area contributed by atoms with E-state index in [1.807, 2.05) is 0 Å². The summed E-state index contributed by atoms with van der Waals surface area (Å²) in [6.07, 6.45) is 2.26. The van der Waals surface area contributed by atoms with Crippen molar-refractivity contribution in [3.63, 3.8) is 0 Å². The van der Waals surface area contributed by atoms with E-state index in [-0.39, 0.29) is 17.5 Å². The van der Waals surface area contributed by atoms with Gasteiger partial charge in [-0.2, -0.15) is 0 Å². The Morgan fingerprint density at radius 1 is 1.50 bits per heavy atom. The first-order valence-corrected chi connectivity index (χ1v) is 6.30. The lowest BCUT2D eigenvalue weighted by Crippen LogP contribution is -2.19. The normalized spacial score (nSPS) is 10.6. The largest absolute Gasteiger partial charge is 0.330 e. The van der Waals surface area contributed by atoms with Gasteiger partial charge in [0.05, 0.1) is 10.7 Å². The Kier molecular flexibility index (Phi) is 4.65. The number of nitrogens with one attached hydrogen (secondary N) is 1. The molecule has 6 nitrogen and oxygen atoms in total. The number of anilines is 1. The molecule has 1 amide bonds. The number of carbonyl (C=O) groups excluding carboxylic acids is 1. The maximum atomic E-state index is 13.0. The molecule has 0 spiro atoms. The van der Waals surface area contributed by atoms with Crippen molar-refractivity contribution in [2.75, 3.05) is 11.9 Å².